The van der Waals surface area contributed by atoms with E-state index in [0.29, 0.717) is 18.9 Å². The molecule has 2 saturated heterocycles. The van der Waals surface area contributed by atoms with Crippen LogP contribution in [0.1, 0.15) is 42.4 Å². The fraction of sp³-hybridized carbons (Fsp3) is 0.647. The number of piperidine rings is 1. The van der Waals surface area contributed by atoms with Gasteiger partial charge in [0.25, 0.3) is 11.5 Å². The number of H-pyrrole nitrogens is 1. The fourth-order valence-corrected chi connectivity index (χ4v) is 3.95. The Labute approximate surface area is 145 Å². The van der Waals surface area contributed by atoms with Gasteiger partial charge in [0.05, 0.1) is 0 Å². The molecule has 0 aliphatic carbocycles. The Balaban J connectivity index is 1.87. The Hall–Kier alpha value is -2.22. The summed E-state index contributed by atoms with van der Waals surface area (Å²) in [6, 6.07) is 0. The summed E-state index contributed by atoms with van der Waals surface area (Å²) in [4.78, 5) is 47.3. The third kappa shape index (κ3) is 2.95. The highest BCUT2D eigenvalue weighted by atomic mass is 16.4. The number of amides is 1. The Kier molecular flexibility index (Phi) is 4.40. The molecule has 0 unspecified atom stereocenters. The van der Waals surface area contributed by atoms with Crippen LogP contribution in [0.3, 0.4) is 0 Å². The van der Waals surface area contributed by atoms with Gasteiger partial charge in [0, 0.05) is 31.7 Å². The first-order valence-electron chi connectivity index (χ1n) is 8.55. The second-order valence-corrected chi connectivity index (χ2v) is 7.54. The molecule has 3 heterocycles. The van der Waals surface area contributed by atoms with Crippen LogP contribution in [0.15, 0.2) is 11.0 Å². The maximum Gasteiger partial charge on any atom is 0.313 e. The molecule has 2 aliphatic rings. The summed E-state index contributed by atoms with van der Waals surface area (Å²) in [6.45, 7) is 5.52. The minimum Gasteiger partial charge on any atom is -0.481 e. The average molecular weight is 348 g/mol. The molecule has 0 bridgehead atoms. The highest BCUT2D eigenvalue weighted by molar-refractivity contribution is 5.94. The largest absolute Gasteiger partial charge is 0.481 e. The van der Waals surface area contributed by atoms with E-state index in [2.05, 4.69) is 9.97 Å². The Morgan fingerprint density at radius 3 is 2.72 bits per heavy atom. The van der Waals surface area contributed by atoms with Crippen LogP contribution < -0.4 is 5.56 Å². The highest BCUT2D eigenvalue weighted by Crippen LogP contribution is 2.42. The van der Waals surface area contributed by atoms with E-state index in [1.807, 2.05) is 25.8 Å². The number of hydrogen-bond donors (Lipinski definition) is 2. The van der Waals surface area contributed by atoms with Crippen molar-refractivity contribution in [2.24, 2.45) is 11.3 Å². The van der Waals surface area contributed by atoms with Crippen molar-refractivity contribution in [2.45, 2.75) is 26.2 Å². The van der Waals surface area contributed by atoms with Crippen LogP contribution in [-0.4, -0.2) is 70.0 Å². The maximum atomic E-state index is 12.8. The molecular formula is C17H24N4O4. The quantitative estimate of drug-likeness (QED) is 0.817. The molecule has 2 N–H and O–H groups in total. The number of carbonyl (C=O) groups is 2. The molecule has 0 saturated carbocycles. The molecule has 0 radical (unpaired) electrons. The molecule has 0 spiro atoms. The summed E-state index contributed by atoms with van der Waals surface area (Å²) in [5.41, 5.74) is -1.46. The number of carbonyl (C=O) groups excluding carboxylic acids is 1. The molecule has 2 fully saturated rings. The molecule has 2 aliphatic heterocycles. The minimum absolute atomic E-state index is 0.0306. The van der Waals surface area contributed by atoms with E-state index in [9.17, 15) is 19.5 Å². The first kappa shape index (κ1) is 17.6. The molecule has 136 valence electrons. The monoisotopic (exact) mass is 348 g/mol. The summed E-state index contributed by atoms with van der Waals surface area (Å²) in [5, 5.41) is 9.79. The van der Waals surface area contributed by atoms with Gasteiger partial charge in [0.1, 0.15) is 16.8 Å². The lowest BCUT2D eigenvalue weighted by molar-refractivity contribution is -0.153. The van der Waals surface area contributed by atoms with Gasteiger partial charge in [0.15, 0.2) is 0 Å². The summed E-state index contributed by atoms with van der Waals surface area (Å²) in [6.07, 6.45) is 2.03. The molecule has 8 heteroatoms. The third-order valence-electron chi connectivity index (χ3n) is 5.42. The molecule has 0 aromatic carbocycles. The Morgan fingerprint density at radius 2 is 2.12 bits per heavy atom. The standard InChI is InChI=1S/C17H24N4O4/c1-10(2)13-18-6-12(14(22)19-13)15(23)21-7-11-4-5-20(3)8-17(11,9-21)16(24)25/h6,10-11H,4-5,7-9H2,1-3H3,(H,24,25)(H,18,19,22)/t11-,17-/m0/s1. The second-order valence-electron chi connectivity index (χ2n) is 7.54. The number of rotatable bonds is 3. The van der Waals surface area contributed by atoms with Gasteiger partial charge in [-0.3, -0.25) is 14.4 Å². The van der Waals surface area contributed by atoms with Gasteiger partial charge in [0.2, 0.25) is 0 Å². The molecule has 2 atom stereocenters. The lowest BCUT2D eigenvalue weighted by Crippen LogP contribution is -2.52. The highest BCUT2D eigenvalue weighted by Gasteiger charge is 2.55. The van der Waals surface area contributed by atoms with Crippen molar-refractivity contribution in [2.75, 3.05) is 33.2 Å². The van der Waals surface area contributed by atoms with Gasteiger partial charge < -0.3 is 19.9 Å². The van der Waals surface area contributed by atoms with Crippen molar-refractivity contribution in [1.82, 2.24) is 19.8 Å². The predicted molar refractivity (Wildman–Crippen MR) is 90.5 cm³/mol. The molecule has 25 heavy (non-hydrogen) atoms. The lowest BCUT2D eigenvalue weighted by atomic mass is 9.73. The van der Waals surface area contributed by atoms with Crippen molar-refractivity contribution in [1.29, 1.82) is 0 Å². The van der Waals surface area contributed by atoms with Gasteiger partial charge in [-0.25, -0.2) is 4.98 Å². The normalized spacial score (nSPS) is 26.7. The van der Waals surface area contributed by atoms with Crippen LogP contribution in [-0.2, 0) is 4.79 Å². The van der Waals surface area contributed by atoms with Crippen LogP contribution in [0, 0.1) is 11.3 Å². The van der Waals surface area contributed by atoms with E-state index in [4.69, 9.17) is 0 Å². The van der Waals surface area contributed by atoms with E-state index >= 15 is 0 Å². The van der Waals surface area contributed by atoms with Crippen molar-refractivity contribution in [3.8, 4) is 0 Å². The second kappa shape index (κ2) is 6.25. The van der Waals surface area contributed by atoms with E-state index in [1.54, 1.807) is 0 Å². The van der Waals surface area contributed by atoms with E-state index in [0.717, 1.165) is 13.0 Å². The number of aromatic amines is 1. The van der Waals surface area contributed by atoms with Crippen LogP contribution in [0.5, 0.6) is 0 Å². The number of nitrogens with one attached hydrogen (secondary N) is 1. The molecule has 8 nitrogen and oxygen atoms in total. The summed E-state index contributed by atoms with van der Waals surface area (Å²) in [7, 11) is 1.89. The van der Waals surface area contributed by atoms with E-state index in [1.165, 1.54) is 11.1 Å². The zero-order chi connectivity index (χ0) is 18.4. The summed E-state index contributed by atoms with van der Waals surface area (Å²) in [5.74, 6) is -0.826. The number of fused-ring (bicyclic) bond motifs is 1. The zero-order valence-electron chi connectivity index (χ0n) is 14.8. The van der Waals surface area contributed by atoms with Gasteiger partial charge in [-0.05, 0) is 25.9 Å². The number of carboxylic acids is 1. The van der Waals surface area contributed by atoms with Gasteiger partial charge in [-0.15, -0.1) is 0 Å². The smallest absolute Gasteiger partial charge is 0.313 e. The van der Waals surface area contributed by atoms with Gasteiger partial charge >= 0.3 is 5.97 Å². The average Bonchev–Trinajstić information content (AvgIpc) is 2.94. The molecule has 1 amide bonds. The van der Waals surface area contributed by atoms with Crippen molar-refractivity contribution in [3.63, 3.8) is 0 Å². The van der Waals surface area contributed by atoms with Crippen molar-refractivity contribution in [3.05, 3.63) is 27.9 Å². The Bertz CT molecular complexity index is 759. The predicted octanol–water partition coefficient (Wildman–Crippen LogP) is 0.372. The summed E-state index contributed by atoms with van der Waals surface area (Å²) < 4.78 is 0. The minimum atomic E-state index is -0.958. The van der Waals surface area contributed by atoms with Gasteiger partial charge in [-0.1, -0.05) is 13.8 Å². The lowest BCUT2D eigenvalue weighted by Gasteiger charge is -2.39. The number of aromatic nitrogens is 2. The van der Waals surface area contributed by atoms with E-state index < -0.39 is 22.9 Å². The zero-order valence-corrected chi connectivity index (χ0v) is 14.8. The number of likely N-dealkylation sites (tertiary alicyclic amines) is 2. The first-order chi connectivity index (χ1) is 11.7. The molecular weight excluding hydrogens is 324 g/mol. The summed E-state index contributed by atoms with van der Waals surface area (Å²) >= 11 is 0. The fourth-order valence-electron chi connectivity index (χ4n) is 3.95. The van der Waals surface area contributed by atoms with Gasteiger partial charge in [-0.2, -0.15) is 0 Å². The Morgan fingerprint density at radius 1 is 1.40 bits per heavy atom. The molecule has 1 aromatic heterocycles. The maximum absolute atomic E-state index is 12.8. The van der Waals surface area contributed by atoms with Crippen LogP contribution in [0.25, 0.3) is 0 Å². The number of carboxylic acid groups (broad SMARTS) is 1. The van der Waals surface area contributed by atoms with Crippen molar-refractivity contribution < 1.29 is 14.7 Å². The van der Waals surface area contributed by atoms with E-state index in [-0.39, 0.29) is 23.9 Å². The van der Waals surface area contributed by atoms with Crippen molar-refractivity contribution >= 4 is 11.9 Å². The SMILES string of the molecule is CC(C)c1ncc(C(=O)N2C[C@@H]3CCN(C)C[C@]3(C(=O)O)C2)c(=O)[nH]1. The number of hydrogen-bond acceptors (Lipinski definition) is 5. The third-order valence-corrected chi connectivity index (χ3v) is 5.42. The molecule has 1 aromatic rings. The van der Waals surface area contributed by atoms with Crippen LogP contribution in [0.4, 0.5) is 0 Å². The first-order valence-corrected chi connectivity index (χ1v) is 8.55. The van der Waals surface area contributed by atoms with Crippen LogP contribution in [0.2, 0.25) is 0 Å². The number of nitrogens with zero attached hydrogens (tertiary/aromatic N) is 3. The number of aliphatic carboxylic acids is 1. The topological polar surface area (TPSA) is 107 Å². The van der Waals surface area contributed by atoms with Crippen LogP contribution >= 0.6 is 0 Å². The molecule has 3 rings (SSSR count).